The molecule has 142 valence electrons. The third-order valence-electron chi connectivity index (χ3n) is 4.82. The monoisotopic (exact) mass is 385 g/mol. The number of fused-ring (bicyclic) bond motifs is 1. The molecule has 2 N–H and O–H groups in total. The van der Waals surface area contributed by atoms with Crippen LogP contribution in [0.4, 0.5) is 16.2 Å². The SMILES string of the molecule is Cc1ccc(Cl)cc1NC(=O)NC(C(=O)N1CCc2ccccc21)C(C)C. The van der Waals surface area contributed by atoms with Crippen molar-refractivity contribution in [2.45, 2.75) is 33.2 Å². The topological polar surface area (TPSA) is 61.4 Å². The predicted molar refractivity (Wildman–Crippen MR) is 109 cm³/mol. The van der Waals surface area contributed by atoms with E-state index in [-0.39, 0.29) is 11.8 Å². The van der Waals surface area contributed by atoms with Crippen molar-refractivity contribution in [2.24, 2.45) is 5.92 Å². The van der Waals surface area contributed by atoms with Gasteiger partial charge in [-0.3, -0.25) is 4.79 Å². The highest BCUT2D eigenvalue weighted by molar-refractivity contribution is 6.31. The molecule has 0 bridgehead atoms. The van der Waals surface area contributed by atoms with Crippen molar-refractivity contribution in [3.05, 3.63) is 58.6 Å². The van der Waals surface area contributed by atoms with Gasteiger partial charge in [0.2, 0.25) is 5.91 Å². The molecular formula is C21H24ClN3O2. The summed E-state index contributed by atoms with van der Waals surface area (Å²) in [6, 6.07) is 12.2. The Hall–Kier alpha value is -2.53. The fraction of sp³-hybridized carbons (Fsp3) is 0.333. The summed E-state index contributed by atoms with van der Waals surface area (Å²) in [7, 11) is 0. The minimum Gasteiger partial charge on any atom is -0.326 e. The fourth-order valence-corrected chi connectivity index (χ4v) is 3.45. The molecule has 2 aromatic carbocycles. The number of para-hydroxylation sites is 1. The van der Waals surface area contributed by atoms with Gasteiger partial charge >= 0.3 is 6.03 Å². The number of nitrogens with zero attached hydrogens (tertiary/aromatic N) is 1. The number of benzene rings is 2. The molecule has 1 aliphatic rings. The Labute approximate surface area is 164 Å². The summed E-state index contributed by atoms with van der Waals surface area (Å²) in [5, 5.41) is 6.17. The molecule has 0 saturated heterocycles. The van der Waals surface area contributed by atoms with Gasteiger partial charge in [0.05, 0.1) is 0 Å². The van der Waals surface area contributed by atoms with Gasteiger partial charge in [0.1, 0.15) is 6.04 Å². The Morgan fingerprint density at radius 1 is 1.15 bits per heavy atom. The van der Waals surface area contributed by atoms with Crippen LogP contribution in [0.3, 0.4) is 0 Å². The van der Waals surface area contributed by atoms with E-state index in [9.17, 15) is 9.59 Å². The van der Waals surface area contributed by atoms with Gasteiger partial charge in [-0.25, -0.2) is 4.79 Å². The van der Waals surface area contributed by atoms with Gasteiger partial charge in [-0.15, -0.1) is 0 Å². The fourth-order valence-electron chi connectivity index (χ4n) is 3.28. The Morgan fingerprint density at radius 3 is 2.63 bits per heavy atom. The number of aryl methyl sites for hydroxylation is 1. The lowest BCUT2D eigenvalue weighted by atomic mass is 10.0. The quantitative estimate of drug-likeness (QED) is 0.820. The molecule has 3 rings (SSSR count). The average Bonchev–Trinajstić information content (AvgIpc) is 3.06. The molecule has 0 fully saturated rings. The van der Waals surface area contributed by atoms with Gasteiger partial charge in [0.15, 0.2) is 0 Å². The number of hydrogen-bond donors (Lipinski definition) is 2. The summed E-state index contributed by atoms with van der Waals surface area (Å²) in [6.07, 6.45) is 0.834. The van der Waals surface area contributed by atoms with Gasteiger partial charge in [-0.2, -0.15) is 0 Å². The lowest BCUT2D eigenvalue weighted by molar-refractivity contribution is -0.121. The Morgan fingerprint density at radius 2 is 1.89 bits per heavy atom. The summed E-state index contributed by atoms with van der Waals surface area (Å²) >= 11 is 6.01. The number of rotatable bonds is 4. The van der Waals surface area contributed by atoms with Crippen LogP contribution < -0.4 is 15.5 Å². The smallest absolute Gasteiger partial charge is 0.319 e. The first kappa shape index (κ1) is 19.2. The number of anilines is 2. The van der Waals surface area contributed by atoms with Gasteiger partial charge in [0.25, 0.3) is 0 Å². The van der Waals surface area contributed by atoms with Gasteiger partial charge < -0.3 is 15.5 Å². The largest absolute Gasteiger partial charge is 0.326 e. The van der Waals surface area contributed by atoms with E-state index in [0.29, 0.717) is 17.3 Å². The maximum absolute atomic E-state index is 13.1. The lowest BCUT2D eigenvalue weighted by Crippen LogP contribution is -2.52. The predicted octanol–water partition coefficient (Wildman–Crippen LogP) is 4.38. The van der Waals surface area contributed by atoms with E-state index in [1.807, 2.05) is 51.1 Å². The van der Waals surface area contributed by atoms with Crippen LogP contribution in [-0.2, 0) is 11.2 Å². The van der Waals surface area contributed by atoms with Crippen LogP contribution in [0.5, 0.6) is 0 Å². The van der Waals surface area contributed by atoms with E-state index in [1.165, 1.54) is 0 Å². The number of urea groups is 1. The van der Waals surface area contributed by atoms with Crippen molar-refractivity contribution in [3.63, 3.8) is 0 Å². The summed E-state index contributed by atoms with van der Waals surface area (Å²) in [6.45, 7) is 6.38. The second-order valence-corrected chi connectivity index (χ2v) is 7.58. The van der Waals surface area contributed by atoms with Crippen molar-refractivity contribution in [3.8, 4) is 0 Å². The Bertz CT molecular complexity index is 866. The molecule has 1 aliphatic heterocycles. The minimum absolute atomic E-state index is 0.0449. The molecule has 27 heavy (non-hydrogen) atoms. The highest BCUT2D eigenvalue weighted by atomic mass is 35.5. The van der Waals surface area contributed by atoms with E-state index < -0.39 is 12.1 Å². The standard InChI is InChI=1S/C21H24ClN3O2/c1-13(2)19(20(26)25-11-10-15-6-4-5-7-18(15)25)24-21(27)23-17-12-16(22)9-8-14(17)3/h4-9,12-13,19H,10-11H2,1-3H3,(H2,23,24,27). The molecule has 2 aromatic rings. The zero-order valence-corrected chi connectivity index (χ0v) is 16.5. The highest BCUT2D eigenvalue weighted by Crippen LogP contribution is 2.28. The number of carbonyl (C=O) groups excluding carboxylic acids is 2. The molecule has 0 spiro atoms. The van der Waals surface area contributed by atoms with Crippen molar-refractivity contribution >= 4 is 34.9 Å². The Kier molecular flexibility index (Phi) is 5.71. The summed E-state index contributed by atoms with van der Waals surface area (Å²) in [5.74, 6) is -0.135. The van der Waals surface area contributed by atoms with E-state index >= 15 is 0 Å². The molecule has 0 aliphatic carbocycles. The zero-order valence-electron chi connectivity index (χ0n) is 15.8. The molecule has 0 radical (unpaired) electrons. The van der Waals surface area contributed by atoms with Gasteiger partial charge in [-0.1, -0.05) is 49.7 Å². The first-order valence-electron chi connectivity index (χ1n) is 9.09. The van der Waals surface area contributed by atoms with E-state index in [0.717, 1.165) is 23.2 Å². The van der Waals surface area contributed by atoms with Crippen LogP contribution in [0.2, 0.25) is 5.02 Å². The highest BCUT2D eigenvalue weighted by Gasteiger charge is 2.32. The van der Waals surface area contributed by atoms with Crippen molar-refractivity contribution in [2.75, 3.05) is 16.8 Å². The van der Waals surface area contributed by atoms with Crippen LogP contribution in [0, 0.1) is 12.8 Å². The number of carbonyl (C=O) groups is 2. The van der Waals surface area contributed by atoms with Gasteiger partial charge in [-0.05, 0) is 48.6 Å². The summed E-state index contributed by atoms with van der Waals surface area (Å²) in [5.41, 5.74) is 3.62. The molecule has 5 nitrogen and oxygen atoms in total. The number of nitrogens with one attached hydrogen (secondary N) is 2. The maximum atomic E-state index is 13.1. The number of amides is 3. The minimum atomic E-state index is -0.615. The lowest BCUT2D eigenvalue weighted by Gasteiger charge is -2.27. The molecule has 3 amide bonds. The molecule has 0 saturated carbocycles. The average molecular weight is 386 g/mol. The van der Waals surface area contributed by atoms with Crippen LogP contribution in [0.1, 0.15) is 25.0 Å². The second-order valence-electron chi connectivity index (χ2n) is 7.15. The summed E-state index contributed by atoms with van der Waals surface area (Å²) in [4.78, 5) is 27.4. The summed E-state index contributed by atoms with van der Waals surface area (Å²) < 4.78 is 0. The zero-order chi connectivity index (χ0) is 19.6. The third-order valence-corrected chi connectivity index (χ3v) is 5.06. The molecular weight excluding hydrogens is 362 g/mol. The van der Waals surface area contributed by atoms with Crippen molar-refractivity contribution in [1.82, 2.24) is 5.32 Å². The van der Waals surface area contributed by atoms with Crippen LogP contribution in [0.25, 0.3) is 0 Å². The maximum Gasteiger partial charge on any atom is 0.319 e. The van der Waals surface area contributed by atoms with Crippen LogP contribution >= 0.6 is 11.6 Å². The molecule has 1 heterocycles. The van der Waals surface area contributed by atoms with Crippen LogP contribution in [0.15, 0.2) is 42.5 Å². The van der Waals surface area contributed by atoms with Gasteiger partial charge in [0, 0.05) is 22.9 Å². The van der Waals surface area contributed by atoms with Crippen molar-refractivity contribution < 1.29 is 9.59 Å². The normalized spacial score (nSPS) is 14.0. The van der Waals surface area contributed by atoms with E-state index in [1.54, 1.807) is 17.0 Å². The number of hydrogen-bond acceptors (Lipinski definition) is 2. The second kappa shape index (κ2) is 8.01. The van der Waals surface area contributed by atoms with E-state index in [2.05, 4.69) is 10.6 Å². The number of halogens is 1. The first-order valence-corrected chi connectivity index (χ1v) is 9.47. The molecule has 1 atom stereocenters. The van der Waals surface area contributed by atoms with E-state index in [4.69, 9.17) is 11.6 Å². The van der Waals surface area contributed by atoms with Crippen molar-refractivity contribution in [1.29, 1.82) is 0 Å². The molecule has 0 aromatic heterocycles. The Balaban J connectivity index is 1.73. The molecule has 6 heteroatoms. The van der Waals surface area contributed by atoms with Crippen LogP contribution in [-0.4, -0.2) is 24.5 Å². The molecule has 1 unspecified atom stereocenters. The third kappa shape index (κ3) is 4.25. The first-order chi connectivity index (χ1) is 12.9.